The third-order valence-corrected chi connectivity index (χ3v) is 3.00. The summed E-state index contributed by atoms with van der Waals surface area (Å²) in [7, 11) is 3.29. The van der Waals surface area contributed by atoms with Crippen LogP contribution in [0.3, 0.4) is 0 Å². The first-order valence-electron chi connectivity index (χ1n) is 5.51. The minimum Gasteiger partial charge on any atom is -0.496 e. The fourth-order valence-corrected chi connectivity index (χ4v) is 2.14. The summed E-state index contributed by atoms with van der Waals surface area (Å²) in [6.45, 7) is 0.698. The molecule has 3 rings (SSSR count). The molecule has 4 heteroatoms. The molecule has 88 valence electrons. The van der Waals surface area contributed by atoms with Crippen molar-refractivity contribution < 1.29 is 14.2 Å². The van der Waals surface area contributed by atoms with Crippen molar-refractivity contribution in [2.75, 3.05) is 20.8 Å². The number of nitrogens with zero attached hydrogens (tertiary/aromatic N) is 1. The first-order chi connectivity index (χ1) is 8.33. The number of hydrogen-bond donors (Lipinski definition) is 0. The third-order valence-electron chi connectivity index (χ3n) is 3.00. The molecule has 1 aliphatic rings. The molecule has 17 heavy (non-hydrogen) atoms. The molecule has 0 bridgehead atoms. The molecule has 1 aliphatic heterocycles. The van der Waals surface area contributed by atoms with E-state index in [0.717, 1.165) is 34.4 Å². The van der Waals surface area contributed by atoms with Crippen LogP contribution in [0.2, 0.25) is 0 Å². The molecule has 2 heterocycles. The molecular weight excluding hydrogens is 218 g/mol. The third kappa shape index (κ3) is 1.48. The Labute approximate surface area is 99.1 Å². The minimum absolute atomic E-state index is 0.698. The van der Waals surface area contributed by atoms with Crippen LogP contribution in [0.1, 0.15) is 5.56 Å². The van der Waals surface area contributed by atoms with E-state index >= 15 is 0 Å². The Morgan fingerprint density at radius 3 is 2.71 bits per heavy atom. The SMILES string of the molecule is COc1ccc(OC)c2nc3c(cc12)CCO3. The van der Waals surface area contributed by atoms with Crippen molar-refractivity contribution >= 4 is 10.9 Å². The van der Waals surface area contributed by atoms with Crippen molar-refractivity contribution in [1.29, 1.82) is 0 Å². The molecular formula is C13H13NO3. The Bertz CT molecular complexity index is 530. The highest BCUT2D eigenvalue weighted by atomic mass is 16.5. The number of benzene rings is 1. The van der Waals surface area contributed by atoms with Crippen LogP contribution in [0, 0.1) is 0 Å². The predicted octanol–water partition coefficient (Wildman–Crippen LogP) is 2.19. The van der Waals surface area contributed by atoms with Crippen LogP contribution < -0.4 is 14.2 Å². The molecule has 1 aromatic heterocycles. The monoisotopic (exact) mass is 231 g/mol. The topological polar surface area (TPSA) is 40.6 Å². The summed E-state index contributed by atoms with van der Waals surface area (Å²) in [4.78, 5) is 4.51. The Kier molecular flexibility index (Phi) is 2.28. The van der Waals surface area contributed by atoms with E-state index in [2.05, 4.69) is 11.1 Å². The molecule has 0 N–H and O–H groups in total. The zero-order chi connectivity index (χ0) is 11.8. The van der Waals surface area contributed by atoms with Gasteiger partial charge < -0.3 is 14.2 Å². The van der Waals surface area contributed by atoms with Gasteiger partial charge in [0.25, 0.3) is 0 Å². The summed E-state index contributed by atoms with van der Waals surface area (Å²) in [5.41, 5.74) is 1.91. The number of pyridine rings is 1. The van der Waals surface area contributed by atoms with E-state index in [4.69, 9.17) is 14.2 Å². The number of hydrogen-bond acceptors (Lipinski definition) is 4. The predicted molar refractivity (Wildman–Crippen MR) is 64.0 cm³/mol. The van der Waals surface area contributed by atoms with E-state index in [0.29, 0.717) is 12.5 Å². The van der Waals surface area contributed by atoms with Gasteiger partial charge in [0.2, 0.25) is 5.88 Å². The number of methoxy groups -OCH3 is 2. The molecule has 0 fully saturated rings. The van der Waals surface area contributed by atoms with Crippen molar-refractivity contribution in [2.24, 2.45) is 0 Å². The first kappa shape index (κ1) is 10.2. The van der Waals surface area contributed by atoms with E-state index in [1.54, 1.807) is 14.2 Å². The zero-order valence-corrected chi connectivity index (χ0v) is 9.82. The van der Waals surface area contributed by atoms with E-state index in [1.807, 2.05) is 12.1 Å². The molecule has 0 radical (unpaired) electrons. The highest BCUT2D eigenvalue weighted by Gasteiger charge is 2.18. The molecule has 4 nitrogen and oxygen atoms in total. The van der Waals surface area contributed by atoms with Crippen LogP contribution >= 0.6 is 0 Å². The smallest absolute Gasteiger partial charge is 0.217 e. The Morgan fingerprint density at radius 1 is 1.18 bits per heavy atom. The normalized spacial score (nSPS) is 13.3. The van der Waals surface area contributed by atoms with E-state index in [1.165, 1.54) is 0 Å². The van der Waals surface area contributed by atoms with Crippen LogP contribution in [-0.2, 0) is 6.42 Å². The summed E-state index contributed by atoms with van der Waals surface area (Å²) < 4.78 is 16.1. The van der Waals surface area contributed by atoms with Gasteiger partial charge in [0.1, 0.15) is 17.0 Å². The van der Waals surface area contributed by atoms with Gasteiger partial charge in [0, 0.05) is 17.4 Å². The lowest BCUT2D eigenvalue weighted by molar-refractivity contribution is 0.345. The van der Waals surface area contributed by atoms with E-state index < -0.39 is 0 Å². The highest BCUT2D eigenvalue weighted by Crippen LogP contribution is 2.36. The zero-order valence-electron chi connectivity index (χ0n) is 9.82. The number of fused-ring (bicyclic) bond motifs is 2. The second kappa shape index (κ2) is 3.80. The lowest BCUT2D eigenvalue weighted by atomic mass is 10.1. The molecule has 0 saturated carbocycles. The Morgan fingerprint density at radius 2 is 1.94 bits per heavy atom. The van der Waals surface area contributed by atoms with E-state index in [9.17, 15) is 0 Å². The standard InChI is InChI=1S/C13H13NO3/c1-15-10-3-4-11(16-2)12-9(10)7-8-5-6-17-13(8)14-12/h3-4,7H,5-6H2,1-2H3. The lowest BCUT2D eigenvalue weighted by Gasteiger charge is -2.10. The average Bonchev–Trinajstić information content (AvgIpc) is 2.82. The number of aromatic nitrogens is 1. The molecule has 0 saturated heterocycles. The lowest BCUT2D eigenvalue weighted by Crippen LogP contribution is -1.93. The second-order valence-electron chi connectivity index (χ2n) is 3.92. The molecule has 0 spiro atoms. The maximum atomic E-state index is 5.47. The fourth-order valence-electron chi connectivity index (χ4n) is 2.14. The number of ether oxygens (including phenoxy) is 3. The van der Waals surface area contributed by atoms with Crippen molar-refractivity contribution in [3.63, 3.8) is 0 Å². The van der Waals surface area contributed by atoms with Gasteiger partial charge in [-0.2, -0.15) is 0 Å². The van der Waals surface area contributed by atoms with Gasteiger partial charge in [0.05, 0.1) is 20.8 Å². The number of rotatable bonds is 2. The maximum absolute atomic E-state index is 5.47. The van der Waals surface area contributed by atoms with Crippen LogP contribution in [0.15, 0.2) is 18.2 Å². The summed E-state index contributed by atoms with van der Waals surface area (Å²) >= 11 is 0. The van der Waals surface area contributed by atoms with Gasteiger partial charge in [-0.05, 0) is 18.2 Å². The van der Waals surface area contributed by atoms with Gasteiger partial charge in [-0.15, -0.1) is 0 Å². The summed E-state index contributed by atoms with van der Waals surface area (Å²) in [6, 6.07) is 5.83. The summed E-state index contributed by atoms with van der Waals surface area (Å²) in [5.74, 6) is 2.26. The molecule has 0 atom stereocenters. The minimum atomic E-state index is 0.698. The van der Waals surface area contributed by atoms with Gasteiger partial charge >= 0.3 is 0 Å². The van der Waals surface area contributed by atoms with Gasteiger partial charge in [-0.3, -0.25) is 0 Å². The van der Waals surface area contributed by atoms with E-state index in [-0.39, 0.29) is 0 Å². The van der Waals surface area contributed by atoms with Crippen LogP contribution in [0.5, 0.6) is 17.4 Å². The first-order valence-corrected chi connectivity index (χ1v) is 5.51. The summed E-state index contributed by atoms with van der Waals surface area (Å²) in [6.07, 6.45) is 0.901. The van der Waals surface area contributed by atoms with Gasteiger partial charge in [0.15, 0.2) is 0 Å². The van der Waals surface area contributed by atoms with Crippen molar-refractivity contribution in [3.05, 3.63) is 23.8 Å². The quantitative estimate of drug-likeness (QED) is 0.794. The van der Waals surface area contributed by atoms with Crippen molar-refractivity contribution in [2.45, 2.75) is 6.42 Å². The Balaban J connectivity index is 2.34. The second-order valence-corrected chi connectivity index (χ2v) is 3.92. The van der Waals surface area contributed by atoms with Crippen LogP contribution in [-0.4, -0.2) is 25.8 Å². The molecule has 1 aromatic carbocycles. The molecule has 0 aliphatic carbocycles. The largest absolute Gasteiger partial charge is 0.496 e. The molecule has 2 aromatic rings. The van der Waals surface area contributed by atoms with Gasteiger partial charge in [-0.1, -0.05) is 0 Å². The molecule has 0 unspecified atom stereocenters. The molecule has 0 amide bonds. The fraction of sp³-hybridized carbons (Fsp3) is 0.308. The van der Waals surface area contributed by atoms with Crippen molar-refractivity contribution in [1.82, 2.24) is 4.98 Å². The van der Waals surface area contributed by atoms with Crippen LogP contribution in [0.25, 0.3) is 10.9 Å². The maximum Gasteiger partial charge on any atom is 0.217 e. The Hall–Kier alpha value is -1.97. The van der Waals surface area contributed by atoms with Gasteiger partial charge in [-0.25, -0.2) is 4.98 Å². The summed E-state index contributed by atoms with van der Waals surface area (Å²) in [5, 5.41) is 0.969. The van der Waals surface area contributed by atoms with Crippen molar-refractivity contribution in [3.8, 4) is 17.4 Å². The van der Waals surface area contributed by atoms with Crippen LogP contribution in [0.4, 0.5) is 0 Å². The highest BCUT2D eigenvalue weighted by molar-refractivity contribution is 5.91. The average molecular weight is 231 g/mol.